The summed E-state index contributed by atoms with van der Waals surface area (Å²) in [4.78, 5) is 13.8. The molecule has 0 heterocycles. The molecular formula is C13H18N4O. The van der Waals surface area contributed by atoms with E-state index >= 15 is 0 Å². The number of rotatable bonds is 4. The molecule has 5 nitrogen and oxygen atoms in total. The van der Waals surface area contributed by atoms with Gasteiger partial charge in [-0.1, -0.05) is 0 Å². The van der Waals surface area contributed by atoms with Crippen LogP contribution >= 0.6 is 0 Å². The highest BCUT2D eigenvalue weighted by Gasteiger charge is 2.17. The van der Waals surface area contributed by atoms with Gasteiger partial charge in [-0.05, 0) is 37.6 Å². The average molecular weight is 246 g/mol. The number of nitriles is 1. The van der Waals surface area contributed by atoms with Crippen molar-refractivity contribution in [3.63, 3.8) is 0 Å². The molecule has 1 amide bonds. The first-order valence-corrected chi connectivity index (χ1v) is 5.72. The summed E-state index contributed by atoms with van der Waals surface area (Å²) in [5, 5.41) is 8.64. The number of anilines is 1. The summed E-state index contributed by atoms with van der Waals surface area (Å²) < 4.78 is 0. The summed E-state index contributed by atoms with van der Waals surface area (Å²) in [6.45, 7) is 3.73. The van der Waals surface area contributed by atoms with Crippen molar-refractivity contribution in [3.8, 4) is 6.07 Å². The van der Waals surface area contributed by atoms with Crippen LogP contribution in [-0.4, -0.2) is 23.9 Å². The molecule has 1 rings (SSSR count). The van der Waals surface area contributed by atoms with E-state index in [4.69, 9.17) is 11.1 Å². The van der Waals surface area contributed by atoms with Gasteiger partial charge in [0, 0.05) is 18.7 Å². The van der Waals surface area contributed by atoms with Crippen LogP contribution in [-0.2, 0) is 0 Å². The number of amides is 1. The molecule has 3 N–H and O–H groups in total. The first kappa shape index (κ1) is 14.0. The number of nitrogen functional groups attached to an aromatic ring is 1. The number of hydrogen-bond donors (Lipinski definition) is 2. The van der Waals surface area contributed by atoms with E-state index in [1.807, 2.05) is 13.8 Å². The lowest BCUT2D eigenvalue weighted by molar-refractivity contribution is 0.0746. The van der Waals surface area contributed by atoms with Crippen molar-refractivity contribution in [1.29, 1.82) is 5.26 Å². The Morgan fingerprint density at radius 2 is 2.28 bits per heavy atom. The van der Waals surface area contributed by atoms with Gasteiger partial charge in [0.1, 0.15) is 0 Å². The van der Waals surface area contributed by atoms with E-state index in [0.29, 0.717) is 12.0 Å². The predicted octanol–water partition coefficient (Wildman–Crippen LogP) is 1.65. The standard InChI is InChI=1S/C13H18N4O/c1-9-8-11(4-5-12(9)16-15)13(18)17(3)10(2)6-7-14/h4-5,8,10,16H,6,15H2,1-3H3. The Morgan fingerprint density at radius 1 is 1.61 bits per heavy atom. The number of benzene rings is 1. The van der Waals surface area contributed by atoms with E-state index in [1.54, 1.807) is 30.1 Å². The minimum Gasteiger partial charge on any atom is -0.338 e. The van der Waals surface area contributed by atoms with Crippen LogP contribution in [0.2, 0.25) is 0 Å². The second-order valence-electron chi connectivity index (χ2n) is 4.30. The lowest BCUT2D eigenvalue weighted by Crippen LogP contribution is -2.34. The molecule has 5 heteroatoms. The molecule has 1 unspecified atom stereocenters. The Labute approximate surface area is 107 Å². The number of hydrazine groups is 1. The molecule has 0 aliphatic carbocycles. The third-order valence-corrected chi connectivity index (χ3v) is 3.00. The number of aryl methyl sites for hydroxylation is 1. The van der Waals surface area contributed by atoms with E-state index in [-0.39, 0.29) is 11.9 Å². The average Bonchev–Trinajstić information content (AvgIpc) is 2.37. The number of carbonyl (C=O) groups excluding carboxylic acids is 1. The van der Waals surface area contributed by atoms with Gasteiger partial charge in [-0.2, -0.15) is 5.26 Å². The topological polar surface area (TPSA) is 82.2 Å². The molecule has 0 saturated heterocycles. The zero-order valence-electron chi connectivity index (χ0n) is 10.9. The number of nitrogens with zero attached hydrogens (tertiary/aromatic N) is 2. The highest BCUT2D eigenvalue weighted by atomic mass is 16.2. The molecule has 0 fully saturated rings. The first-order chi connectivity index (χ1) is 8.51. The van der Waals surface area contributed by atoms with Gasteiger partial charge in [0.15, 0.2) is 0 Å². The third-order valence-electron chi connectivity index (χ3n) is 3.00. The van der Waals surface area contributed by atoms with Crippen LogP contribution in [0.25, 0.3) is 0 Å². The minimum atomic E-state index is -0.102. The van der Waals surface area contributed by atoms with Crippen molar-refractivity contribution in [2.45, 2.75) is 26.3 Å². The smallest absolute Gasteiger partial charge is 0.253 e. The van der Waals surface area contributed by atoms with Crippen molar-refractivity contribution in [1.82, 2.24) is 4.90 Å². The van der Waals surface area contributed by atoms with E-state index in [9.17, 15) is 4.79 Å². The van der Waals surface area contributed by atoms with Crippen LogP contribution in [0.5, 0.6) is 0 Å². The summed E-state index contributed by atoms with van der Waals surface area (Å²) in [5.41, 5.74) is 4.86. The molecule has 1 aromatic carbocycles. The van der Waals surface area contributed by atoms with Gasteiger partial charge in [-0.15, -0.1) is 0 Å². The summed E-state index contributed by atoms with van der Waals surface area (Å²) in [6.07, 6.45) is 0.323. The summed E-state index contributed by atoms with van der Waals surface area (Å²) in [7, 11) is 1.70. The SMILES string of the molecule is Cc1cc(C(=O)N(C)C(C)CC#N)ccc1NN. The molecule has 96 valence electrons. The lowest BCUT2D eigenvalue weighted by atomic mass is 10.1. The fraction of sp³-hybridized carbons (Fsp3) is 0.385. The molecule has 0 bridgehead atoms. The number of nitrogens with two attached hydrogens (primary N) is 1. The number of hydrogen-bond acceptors (Lipinski definition) is 4. The number of carbonyl (C=O) groups is 1. The largest absolute Gasteiger partial charge is 0.338 e. The fourth-order valence-electron chi connectivity index (χ4n) is 1.63. The quantitative estimate of drug-likeness (QED) is 0.625. The molecule has 0 saturated carbocycles. The first-order valence-electron chi connectivity index (χ1n) is 5.72. The van der Waals surface area contributed by atoms with Crippen LogP contribution < -0.4 is 11.3 Å². The Hall–Kier alpha value is -2.06. The summed E-state index contributed by atoms with van der Waals surface area (Å²) >= 11 is 0. The van der Waals surface area contributed by atoms with Crippen LogP contribution in [0, 0.1) is 18.3 Å². The van der Waals surface area contributed by atoms with Crippen molar-refractivity contribution in [2.24, 2.45) is 5.84 Å². The van der Waals surface area contributed by atoms with Crippen molar-refractivity contribution >= 4 is 11.6 Å². The zero-order chi connectivity index (χ0) is 13.7. The van der Waals surface area contributed by atoms with Gasteiger partial charge in [-0.25, -0.2) is 0 Å². The molecule has 18 heavy (non-hydrogen) atoms. The van der Waals surface area contributed by atoms with E-state index in [1.165, 1.54) is 0 Å². The van der Waals surface area contributed by atoms with Gasteiger partial charge in [0.2, 0.25) is 0 Å². The van der Waals surface area contributed by atoms with Gasteiger partial charge < -0.3 is 10.3 Å². The van der Waals surface area contributed by atoms with Crippen molar-refractivity contribution < 1.29 is 4.79 Å². The predicted molar refractivity (Wildman–Crippen MR) is 70.8 cm³/mol. The normalized spacial score (nSPS) is 11.5. The molecule has 0 aliphatic heterocycles. The molecule has 0 spiro atoms. The Kier molecular flexibility index (Phi) is 4.69. The minimum absolute atomic E-state index is 0.0931. The molecular weight excluding hydrogens is 228 g/mol. The third kappa shape index (κ3) is 2.99. The molecule has 1 aromatic rings. The van der Waals surface area contributed by atoms with E-state index in [0.717, 1.165) is 11.3 Å². The highest BCUT2D eigenvalue weighted by molar-refractivity contribution is 5.95. The maximum Gasteiger partial charge on any atom is 0.253 e. The maximum atomic E-state index is 12.2. The van der Waals surface area contributed by atoms with Crippen molar-refractivity contribution in [2.75, 3.05) is 12.5 Å². The summed E-state index contributed by atoms with van der Waals surface area (Å²) in [6, 6.07) is 7.24. The number of nitrogens with one attached hydrogen (secondary N) is 1. The van der Waals surface area contributed by atoms with E-state index in [2.05, 4.69) is 11.5 Å². The van der Waals surface area contributed by atoms with Crippen molar-refractivity contribution in [3.05, 3.63) is 29.3 Å². The Morgan fingerprint density at radius 3 is 2.78 bits per heavy atom. The van der Waals surface area contributed by atoms with Crippen LogP contribution in [0.3, 0.4) is 0 Å². The molecule has 0 aliphatic rings. The summed E-state index contributed by atoms with van der Waals surface area (Å²) in [5.74, 6) is 5.25. The molecule has 0 aromatic heterocycles. The molecule has 1 atom stereocenters. The van der Waals surface area contributed by atoms with Crippen LogP contribution in [0.1, 0.15) is 29.3 Å². The monoisotopic (exact) mass is 246 g/mol. The highest BCUT2D eigenvalue weighted by Crippen LogP contribution is 2.17. The Bertz CT molecular complexity index is 478. The molecule has 0 radical (unpaired) electrons. The second-order valence-corrected chi connectivity index (χ2v) is 4.30. The van der Waals surface area contributed by atoms with E-state index < -0.39 is 0 Å². The fourth-order valence-corrected chi connectivity index (χ4v) is 1.63. The lowest BCUT2D eigenvalue weighted by Gasteiger charge is -2.23. The van der Waals surface area contributed by atoms with Gasteiger partial charge in [-0.3, -0.25) is 10.6 Å². The van der Waals surface area contributed by atoms with Crippen LogP contribution in [0.15, 0.2) is 18.2 Å². The zero-order valence-corrected chi connectivity index (χ0v) is 10.9. The van der Waals surface area contributed by atoms with Crippen LogP contribution in [0.4, 0.5) is 5.69 Å². The second kappa shape index (κ2) is 6.03. The Balaban J connectivity index is 2.91. The van der Waals surface area contributed by atoms with Gasteiger partial charge >= 0.3 is 0 Å². The van der Waals surface area contributed by atoms with Gasteiger partial charge in [0.25, 0.3) is 5.91 Å². The van der Waals surface area contributed by atoms with Gasteiger partial charge in [0.05, 0.1) is 18.2 Å². The maximum absolute atomic E-state index is 12.2.